The van der Waals surface area contributed by atoms with E-state index >= 15 is 0 Å². The van der Waals surface area contributed by atoms with Crippen molar-refractivity contribution < 1.29 is 4.39 Å². The van der Waals surface area contributed by atoms with Gasteiger partial charge in [-0.1, -0.05) is 48.5 Å². The summed E-state index contributed by atoms with van der Waals surface area (Å²) in [6.07, 6.45) is 2.82. The van der Waals surface area contributed by atoms with E-state index in [2.05, 4.69) is 9.97 Å². The standard InChI is InChI=1S/C17H13FN2O/c18-15-9-5-4-8-13(15)16(12-6-2-1-3-7-12)14-10-19-11-20-17(14)21/h1-11,16H,(H,19,20,21)/t16-/m0/s1. The summed E-state index contributed by atoms with van der Waals surface area (Å²) in [6, 6.07) is 15.9. The number of halogens is 1. The first-order chi connectivity index (χ1) is 10.3. The summed E-state index contributed by atoms with van der Waals surface area (Å²) in [4.78, 5) is 18.6. The topological polar surface area (TPSA) is 45.8 Å². The molecule has 4 heteroatoms. The van der Waals surface area contributed by atoms with Crippen LogP contribution in [0.4, 0.5) is 4.39 Å². The quantitative estimate of drug-likeness (QED) is 0.801. The summed E-state index contributed by atoms with van der Waals surface area (Å²) < 4.78 is 14.2. The molecule has 0 radical (unpaired) electrons. The number of hydrogen-bond donors (Lipinski definition) is 1. The number of nitrogens with zero attached hydrogens (tertiary/aromatic N) is 1. The number of aromatic amines is 1. The average molecular weight is 280 g/mol. The van der Waals surface area contributed by atoms with Gasteiger partial charge in [-0.2, -0.15) is 0 Å². The van der Waals surface area contributed by atoms with Gasteiger partial charge >= 0.3 is 0 Å². The predicted molar refractivity (Wildman–Crippen MR) is 78.6 cm³/mol. The maximum Gasteiger partial charge on any atom is 0.254 e. The van der Waals surface area contributed by atoms with E-state index in [1.165, 1.54) is 18.6 Å². The lowest BCUT2D eigenvalue weighted by Gasteiger charge is -2.18. The van der Waals surface area contributed by atoms with Crippen LogP contribution in [0.15, 0.2) is 71.9 Å². The van der Waals surface area contributed by atoms with E-state index in [1.54, 1.807) is 18.2 Å². The molecule has 0 amide bonds. The van der Waals surface area contributed by atoms with Crippen LogP contribution in [-0.2, 0) is 0 Å². The molecule has 1 N–H and O–H groups in total. The molecule has 0 saturated carbocycles. The Morgan fingerprint density at radius 2 is 1.67 bits per heavy atom. The van der Waals surface area contributed by atoms with Gasteiger partial charge in [-0.3, -0.25) is 4.79 Å². The second-order valence-electron chi connectivity index (χ2n) is 4.70. The van der Waals surface area contributed by atoms with Crippen molar-refractivity contribution in [3.05, 3.63) is 100.0 Å². The van der Waals surface area contributed by atoms with E-state index in [0.717, 1.165) is 5.56 Å². The van der Waals surface area contributed by atoms with Crippen molar-refractivity contribution in [2.24, 2.45) is 0 Å². The van der Waals surface area contributed by atoms with Crippen LogP contribution in [-0.4, -0.2) is 9.97 Å². The van der Waals surface area contributed by atoms with Gasteiger partial charge in [0.05, 0.1) is 6.33 Å². The highest BCUT2D eigenvalue weighted by Gasteiger charge is 2.22. The van der Waals surface area contributed by atoms with Crippen molar-refractivity contribution in [1.29, 1.82) is 0 Å². The molecule has 3 rings (SSSR count). The van der Waals surface area contributed by atoms with Crippen LogP contribution in [0.1, 0.15) is 22.6 Å². The van der Waals surface area contributed by atoms with Gasteiger partial charge in [0, 0.05) is 17.7 Å². The molecular weight excluding hydrogens is 267 g/mol. The maximum absolute atomic E-state index is 14.2. The zero-order chi connectivity index (χ0) is 14.7. The lowest BCUT2D eigenvalue weighted by molar-refractivity contribution is 0.606. The third-order valence-electron chi connectivity index (χ3n) is 3.41. The Labute approximate surface area is 121 Å². The second kappa shape index (κ2) is 5.71. The lowest BCUT2D eigenvalue weighted by Crippen LogP contribution is -2.18. The molecule has 0 spiro atoms. The van der Waals surface area contributed by atoms with Crippen molar-refractivity contribution in [2.75, 3.05) is 0 Å². The van der Waals surface area contributed by atoms with Crippen molar-refractivity contribution >= 4 is 0 Å². The molecule has 3 nitrogen and oxygen atoms in total. The van der Waals surface area contributed by atoms with Gasteiger partial charge < -0.3 is 4.98 Å². The fraction of sp³-hybridized carbons (Fsp3) is 0.0588. The van der Waals surface area contributed by atoms with E-state index in [9.17, 15) is 9.18 Å². The molecule has 0 aliphatic carbocycles. The molecule has 1 aromatic heterocycles. The van der Waals surface area contributed by atoms with E-state index in [4.69, 9.17) is 0 Å². The van der Waals surface area contributed by atoms with Crippen LogP contribution in [0.5, 0.6) is 0 Å². The molecule has 0 aliphatic rings. The Morgan fingerprint density at radius 3 is 2.38 bits per heavy atom. The van der Waals surface area contributed by atoms with Crippen LogP contribution in [0.2, 0.25) is 0 Å². The Balaban J connectivity index is 2.24. The largest absolute Gasteiger partial charge is 0.313 e. The molecule has 0 aliphatic heterocycles. The van der Waals surface area contributed by atoms with Crippen LogP contribution in [0, 0.1) is 5.82 Å². The summed E-state index contributed by atoms with van der Waals surface area (Å²) in [5, 5.41) is 0. The lowest BCUT2D eigenvalue weighted by atomic mass is 9.86. The number of H-pyrrole nitrogens is 1. The van der Waals surface area contributed by atoms with Gasteiger partial charge in [0.25, 0.3) is 5.56 Å². The summed E-state index contributed by atoms with van der Waals surface area (Å²) in [7, 11) is 0. The summed E-state index contributed by atoms with van der Waals surface area (Å²) in [5.74, 6) is -0.820. The first kappa shape index (κ1) is 13.2. The summed E-state index contributed by atoms with van der Waals surface area (Å²) >= 11 is 0. The molecule has 0 unspecified atom stereocenters. The van der Waals surface area contributed by atoms with Gasteiger partial charge in [0.15, 0.2) is 0 Å². The molecule has 104 valence electrons. The highest BCUT2D eigenvalue weighted by Crippen LogP contribution is 2.30. The van der Waals surface area contributed by atoms with Gasteiger partial charge in [-0.15, -0.1) is 0 Å². The summed E-state index contributed by atoms with van der Waals surface area (Å²) in [5.41, 5.74) is 1.47. The van der Waals surface area contributed by atoms with Crippen LogP contribution < -0.4 is 5.56 Å². The number of aromatic nitrogens is 2. The van der Waals surface area contributed by atoms with Gasteiger partial charge in [-0.05, 0) is 17.2 Å². The first-order valence-corrected chi connectivity index (χ1v) is 6.59. The first-order valence-electron chi connectivity index (χ1n) is 6.59. The average Bonchev–Trinajstić information content (AvgIpc) is 2.52. The fourth-order valence-electron chi connectivity index (χ4n) is 2.44. The van der Waals surface area contributed by atoms with E-state index in [0.29, 0.717) is 11.1 Å². The molecule has 2 aromatic carbocycles. The smallest absolute Gasteiger partial charge is 0.254 e. The molecule has 1 heterocycles. The van der Waals surface area contributed by atoms with Crippen molar-refractivity contribution in [1.82, 2.24) is 9.97 Å². The molecule has 21 heavy (non-hydrogen) atoms. The van der Waals surface area contributed by atoms with Crippen LogP contribution in [0.3, 0.4) is 0 Å². The third-order valence-corrected chi connectivity index (χ3v) is 3.41. The number of benzene rings is 2. The van der Waals surface area contributed by atoms with Crippen molar-refractivity contribution in [3.63, 3.8) is 0 Å². The fourth-order valence-corrected chi connectivity index (χ4v) is 2.44. The zero-order valence-corrected chi connectivity index (χ0v) is 11.2. The second-order valence-corrected chi connectivity index (χ2v) is 4.70. The number of nitrogens with one attached hydrogen (secondary N) is 1. The van der Waals surface area contributed by atoms with Gasteiger partial charge in [0.2, 0.25) is 0 Å². The normalized spacial score (nSPS) is 12.0. The van der Waals surface area contributed by atoms with E-state index < -0.39 is 5.92 Å². The summed E-state index contributed by atoms with van der Waals surface area (Å²) in [6.45, 7) is 0. The van der Waals surface area contributed by atoms with E-state index in [-0.39, 0.29) is 11.4 Å². The highest BCUT2D eigenvalue weighted by atomic mass is 19.1. The Bertz CT molecular complexity index is 799. The number of hydrogen-bond acceptors (Lipinski definition) is 2. The van der Waals surface area contributed by atoms with Crippen molar-refractivity contribution in [2.45, 2.75) is 5.92 Å². The highest BCUT2D eigenvalue weighted by molar-refractivity contribution is 5.41. The Hall–Kier alpha value is -2.75. The minimum atomic E-state index is -0.482. The maximum atomic E-state index is 14.2. The Kier molecular flexibility index (Phi) is 3.60. The monoisotopic (exact) mass is 280 g/mol. The molecule has 3 aromatic rings. The van der Waals surface area contributed by atoms with Crippen molar-refractivity contribution in [3.8, 4) is 0 Å². The van der Waals surface area contributed by atoms with Crippen LogP contribution in [0.25, 0.3) is 0 Å². The molecule has 0 fully saturated rings. The number of rotatable bonds is 3. The van der Waals surface area contributed by atoms with Gasteiger partial charge in [-0.25, -0.2) is 9.37 Å². The zero-order valence-electron chi connectivity index (χ0n) is 11.2. The van der Waals surface area contributed by atoms with Crippen LogP contribution >= 0.6 is 0 Å². The predicted octanol–water partition coefficient (Wildman–Crippen LogP) is 3.09. The minimum absolute atomic E-state index is 0.262. The SMILES string of the molecule is O=c1[nH]cncc1[C@@H](c1ccccc1)c1ccccc1F. The molecular formula is C17H13FN2O. The Morgan fingerprint density at radius 1 is 0.952 bits per heavy atom. The molecule has 1 atom stereocenters. The third kappa shape index (κ3) is 2.60. The molecule has 0 saturated heterocycles. The van der Waals surface area contributed by atoms with E-state index in [1.807, 2.05) is 30.3 Å². The van der Waals surface area contributed by atoms with Gasteiger partial charge in [0.1, 0.15) is 5.82 Å². The minimum Gasteiger partial charge on any atom is -0.313 e. The molecule has 0 bridgehead atoms.